The molecule has 1 heterocycles. The molecule has 0 saturated carbocycles. The molecule has 23 heavy (non-hydrogen) atoms. The number of rotatable bonds is 3. The normalized spacial score (nSPS) is 11.8. The number of hydrogen-bond acceptors (Lipinski definition) is 1. The fourth-order valence-corrected chi connectivity index (χ4v) is 2.59. The van der Waals surface area contributed by atoms with Gasteiger partial charge in [-0.05, 0) is 35.9 Å². The molecule has 3 aromatic rings. The SMILES string of the molecule is O=C(O)c1ccc2c(ccn2Cc2ccccc2C(F)(F)F)c1. The van der Waals surface area contributed by atoms with Crippen LogP contribution in [0.25, 0.3) is 10.9 Å². The Labute approximate surface area is 129 Å². The van der Waals surface area contributed by atoms with Crippen LogP contribution in [0.5, 0.6) is 0 Å². The standard InChI is InChI=1S/C17H12F3NO2/c18-17(19,20)14-4-2-1-3-13(14)10-21-8-7-11-9-12(16(22)23)5-6-15(11)21/h1-9H,10H2,(H,22,23). The fourth-order valence-electron chi connectivity index (χ4n) is 2.59. The number of aromatic nitrogens is 1. The average molecular weight is 319 g/mol. The minimum atomic E-state index is -4.41. The number of carboxylic acid groups (broad SMARTS) is 1. The highest BCUT2D eigenvalue weighted by Crippen LogP contribution is 2.32. The number of carbonyl (C=O) groups is 1. The van der Waals surface area contributed by atoms with Crippen LogP contribution in [0, 0.1) is 0 Å². The largest absolute Gasteiger partial charge is 0.478 e. The van der Waals surface area contributed by atoms with E-state index in [1.165, 1.54) is 24.3 Å². The molecule has 0 spiro atoms. The molecule has 0 aliphatic carbocycles. The highest BCUT2D eigenvalue weighted by molar-refractivity contribution is 5.93. The van der Waals surface area contributed by atoms with Crippen LogP contribution in [0.2, 0.25) is 0 Å². The summed E-state index contributed by atoms with van der Waals surface area (Å²) in [6.07, 6.45) is -2.75. The van der Waals surface area contributed by atoms with Crippen LogP contribution in [0.1, 0.15) is 21.5 Å². The summed E-state index contributed by atoms with van der Waals surface area (Å²) < 4.78 is 40.8. The van der Waals surface area contributed by atoms with Crippen molar-refractivity contribution < 1.29 is 23.1 Å². The van der Waals surface area contributed by atoms with Gasteiger partial charge in [0.25, 0.3) is 0 Å². The Morgan fingerprint density at radius 3 is 2.52 bits per heavy atom. The number of aromatic carboxylic acids is 1. The summed E-state index contributed by atoms with van der Waals surface area (Å²) in [7, 11) is 0. The van der Waals surface area contributed by atoms with Gasteiger partial charge in [0.1, 0.15) is 0 Å². The van der Waals surface area contributed by atoms with Gasteiger partial charge in [0, 0.05) is 23.6 Å². The minimum Gasteiger partial charge on any atom is -0.478 e. The van der Waals surface area contributed by atoms with Crippen molar-refractivity contribution in [3.8, 4) is 0 Å². The molecule has 0 aliphatic rings. The summed E-state index contributed by atoms with van der Waals surface area (Å²) in [6.45, 7) is 0.0611. The van der Waals surface area contributed by atoms with E-state index in [2.05, 4.69) is 0 Å². The Balaban J connectivity index is 2.02. The molecule has 0 saturated heterocycles. The van der Waals surface area contributed by atoms with Gasteiger partial charge in [0.2, 0.25) is 0 Å². The van der Waals surface area contributed by atoms with Gasteiger partial charge in [-0.1, -0.05) is 18.2 Å². The van der Waals surface area contributed by atoms with E-state index in [4.69, 9.17) is 5.11 Å². The van der Waals surface area contributed by atoms with Crippen molar-refractivity contribution in [3.05, 3.63) is 71.4 Å². The van der Waals surface area contributed by atoms with Gasteiger partial charge < -0.3 is 9.67 Å². The zero-order valence-electron chi connectivity index (χ0n) is 11.8. The first-order valence-electron chi connectivity index (χ1n) is 6.83. The van der Waals surface area contributed by atoms with Crippen LogP contribution >= 0.6 is 0 Å². The zero-order chi connectivity index (χ0) is 16.6. The molecule has 0 atom stereocenters. The van der Waals surface area contributed by atoms with Crippen LogP contribution in [0.3, 0.4) is 0 Å². The van der Waals surface area contributed by atoms with E-state index < -0.39 is 17.7 Å². The predicted molar refractivity (Wildman–Crippen MR) is 79.4 cm³/mol. The van der Waals surface area contributed by atoms with Crippen molar-refractivity contribution in [2.45, 2.75) is 12.7 Å². The minimum absolute atomic E-state index is 0.0611. The summed E-state index contributed by atoms with van der Waals surface area (Å²) >= 11 is 0. The van der Waals surface area contributed by atoms with Crippen LogP contribution in [-0.2, 0) is 12.7 Å². The molecule has 0 fully saturated rings. The van der Waals surface area contributed by atoms with Gasteiger partial charge in [0.15, 0.2) is 0 Å². The van der Waals surface area contributed by atoms with E-state index >= 15 is 0 Å². The Morgan fingerprint density at radius 2 is 1.83 bits per heavy atom. The smallest absolute Gasteiger partial charge is 0.416 e. The van der Waals surface area contributed by atoms with E-state index in [0.717, 1.165) is 6.07 Å². The third kappa shape index (κ3) is 2.92. The number of hydrogen-bond donors (Lipinski definition) is 1. The van der Waals surface area contributed by atoms with Gasteiger partial charge in [-0.3, -0.25) is 0 Å². The van der Waals surface area contributed by atoms with Crippen LogP contribution in [-0.4, -0.2) is 15.6 Å². The maximum absolute atomic E-state index is 13.1. The number of carboxylic acids is 1. The summed E-state index contributed by atoms with van der Waals surface area (Å²) in [5.41, 5.74) is 0.335. The van der Waals surface area contributed by atoms with E-state index in [-0.39, 0.29) is 17.7 Å². The first-order valence-corrected chi connectivity index (χ1v) is 6.83. The molecule has 1 N–H and O–H groups in total. The van der Waals surface area contributed by atoms with Crippen LogP contribution in [0.4, 0.5) is 13.2 Å². The molecule has 118 valence electrons. The number of benzene rings is 2. The van der Waals surface area contributed by atoms with Crippen molar-refractivity contribution in [2.24, 2.45) is 0 Å². The molecule has 3 nitrogen and oxygen atoms in total. The molecule has 0 unspecified atom stereocenters. The second-order valence-electron chi connectivity index (χ2n) is 5.18. The Hall–Kier alpha value is -2.76. The Morgan fingerprint density at radius 1 is 1.09 bits per heavy atom. The fraction of sp³-hybridized carbons (Fsp3) is 0.118. The molecular formula is C17H12F3NO2. The number of fused-ring (bicyclic) bond motifs is 1. The first kappa shape index (κ1) is 15.1. The lowest BCUT2D eigenvalue weighted by molar-refractivity contribution is -0.138. The molecule has 1 aromatic heterocycles. The van der Waals surface area contributed by atoms with Crippen molar-refractivity contribution in [3.63, 3.8) is 0 Å². The van der Waals surface area contributed by atoms with Gasteiger partial charge in [-0.15, -0.1) is 0 Å². The molecule has 6 heteroatoms. The molecule has 3 rings (SSSR count). The highest BCUT2D eigenvalue weighted by Gasteiger charge is 2.32. The number of nitrogens with zero attached hydrogens (tertiary/aromatic N) is 1. The van der Waals surface area contributed by atoms with E-state index in [9.17, 15) is 18.0 Å². The molecule has 2 aromatic carbocycles. The molecule has 0 aliphatic heterocycles. The Kier molecular flexibility index (Phi) is 3.60. The van der Waals surface area contributed by atoms with Gasteiger partial charge >= 0.3 is 12.1 Å². The van der Waals surface area contributed by atoms with Crippen LogP contribution < -0.4 is 0 Å². The summed E-state index contributed by atoms with van der Waals surface area (Å²) in [5.74, 6) is -1.04. The quantitative estimate of drug-likeness (QED) is 0.777. The van der Waals surface area contributed by atoms with Gasteiger partial charge in [-0.25, -0.2) is 4.79 Å². The average Bonchev–Trinajstić information content (AvgIpc) is 2.89. The highest BCUT2D eigenvalue weighted by atomic mass is 19.4. The zero-order valence-corrected chi connectivity index (χ0v) is 11.8. The van der Waals surface area contributed by atoms with E-state index in [0.29, 0.717) is 10.9 Å². The third-order valence-corrected chi connectivity index (χ3v) is 3.68. The summed E-state index contributed by atoms with van der Waals surface area (Å²) in [6, 6.07) is 11.7. The summed E-state index contributed by atoms with van der Waals surface area (Å²) in [4.78, 5) is 11.0. The Bertz CT molecular complexity index is 881. The molecular weight excluding hydrogens is 307 g/mol. The van der Waals surface area contributed by atoms with Crippen molar-refractivity contribution in [1.29, 1.82) is 0 Å². The third-order valence-electron chi connectivity index (χ3n) is 3.68. The van der Waals surface area contributed by atoms with Gasteiger partial charge in [0.05, 0.1) is 11.1 Å². The van der Waals surface area contributed by atoms with Crippen LogP contribution in [0.15, 0.2) is 54.7 Å². The lowest BCUT2D eigenvalue weighted by atomic mass is 10.1. The lowest BCUT2D eigenvalue weighted by Gasteiger charge is -2.14. The van der Waals surface area contributed by atoms with Crippen molar-refractivity contribution in [1.82, 2.24) is 4.57 Å². The monoisotopic (exact) mass is 319 g/mol. The maximum atomic E-state index is 13.1. The predicted octanol–water partition coefficient (Wildman–Crippen LogP) is 4.41. The maximum Gasteiger partial charge on any atom is 0.416 e. The topological polar surface area (TPSA) is 42.2 Å². The molecule has 0 amide bonds. The second kappa shape index (κ2) is 5.46. The molecule has 0 bridgehead atoms. The van der Waals surface area contributed by atoms with E-state index in [1.54, 1.807) is 29.0 Å². The molecule has 0 radical (unpaired) electrons. The number of alkyl halides is 3. The van der Waals surface area contributed by atoms with E-state index in [1.807, 2.05) is 0 Å². The van der Waals surface area contributed by atoms with Gasteiger partial charge in [-0.2, -0.15) is 13.2 Å². The number of halogens is 3. The summed E-state index contributed by atoms with van der Waals surface area (Å²) in [5, 5.41) is 9.66. The lowest BCUT2D eigenvalue weighted by Crippen LogP contribution is -2.11. The first-order chi connectivity index (χ1) is 10.9. The van der Waals surface area contributed by atoms with Crippen molar-refractivity contribution >= 4 is 16.9 Å². The second-order valence-corrected chi connectivity index (χ2v) is 5.18. The van der Waals surface area contributed by atoms with Crippen molar-refractivity contribution in [2.75, 3.05) is 0 Å².